The van der Waals surface area contributed by atoms with Crippen LogP contribution >= 0.6 is 0 Å². The molecule has 0 unspecified atom stereocenters. The Morgan fingerprint density at radius 3 is 2.46 bits per heavy atom. The number of anilines is 1. The van der Waals surface area contributed by atoms with Crippen LogP contribution in [0.2, 0.25) is 0 Å². The van der Waals surface area contributed by atoms with Gasteiger partial charge in [-0.15, -0.1) is 0 Å². The van der Waals surface area contributed by atoms with Crippen LogP contribution in [0, 0.1) is 13.8 Å². The third-order valence-corrected chi connectivity index (χ3v) is 5.62. The number of carbonyl (C=O) groups is 1. The number of aromatic nitrogens is 1. The van der Waals surface area contributed by atoms with Crippen LogP contribution in [0.3, 0.4) is 0 Å². The highest BCUT2D eigenvalue weighted by Gasteiger charge is 2.16. The van der Waals surface area contributed by atoms with Crippen LogP contribution in [0.4, 0.5) is 5.69 Å². The van der Waals surface area contributed by atoms with Gasteiger partial charge in [-0.25, -0.2) is 8.42 Å². The normalized spacial score (nSPS) is 11.1. The molecule has 1 heterocycles. The highest BCUT2D eigenvalue weighted by Crippen LogP contribution is 2.18. The topological polar surface area (TPSA) is 88.2 Å². The lowest BCUT2D eigenvalue weighted by molar-refractivity contribution is 0.0950. The molecule has 3 aromatic rings. The number of sulfonamides is 1. The Kier molecular flexibility index (Phi) is 5.75. The SMILES string of the molecule is Cc1ccc(NS(=O)(=O)c2cccc(C(=O)NCc3ncccc3C)c2)cc1. The van der Waals surface area contributed by atoms with Crippen LogP contribution in [0.5, 0.6) is 0 Å². The number of hydrogen-bond donors (Lipinski definition) is 2. The lowest BCUT2D eigenvalue weighted by atomic mass is 10.2. The fourth-order valence-corrected chi connectivity index (χ4v) is 3.71. The molecule has 144 valence electrons. The van der Waals surface area contributed by atoms with E-state index in [-0.39, 0.29) is 22.9 Å². The number of nitrogens with one attached hydrogen (secondary N) is 2. The molecule has 0 atom stereocenters. The van der Waals surface area contributed by atoms with Gasteiger partial charge in [0.1, 0.15) is 0 Å². The van der Waals surface area contributed by atoms with E-state index in [0.29, 0.717) is 5.69 Å². The number of carbonyl (C=O) groups excluding carboxylic acids is 1. The van der Waals surface area contributed by atoms with Crippen molar-refractivity contribution in [2.24, 2.45) is 0 Å². The van der Waals surface area contributed by atoms with Crippen LogP contribution in [0.15, 0.2) is 71.8 Å². The molecule has 1 aromatic heterocycles. The molecule has 0 bridgehead atoms. The monoisotopic (exact) mass is 395 g/mol. The van der Waals surface area contributed by atoms with Gasteiger partial charge in [-0.05, 0) is 55.8 Å². The van der Waals surface area contributed by atoms with Gasteiger partial charge in [0.05, 0.1) is 17.1 Å². The van der Waals surface area contributed by atoms with E-state index in [0.717, 1.165) is 16.8 Å². The van der Waals surface area contributed by atoms with Crippen LogP contribution in [0.1, 0.15) is 27.2 Å². The molecule has 2 N–H and O–H groups in total. The van der Waals surface area contributed by atoms with Gasteiger partial charge in [0, 0.05) is 17.4 Å². The molecule has 0 fully saturated rings. The molecule has 3 rings (SSSR count). The Hall–Kier alpha value is -3.19. The molecule has 28 heavy (non-hydrogen) atoms. The second-order valence-corrected chi connectivity index (χ2v) is 8.13. The van der Waals surface area contributed by atoms with Crippen LogP contribution in [-0.4, -0.2) is 19.3 Å². The molecule has 0 saturated carbocycles. The quantitative estimate of drug-likeness (QED) is 0.669. The van der Waals surface area contributed by atoms with E-state index < -0.39 is 10.0 Å². The first kappa shape index (κ1) is 19.6. The van der Waals surface area contributed by atoms with Crippen molar-refractivity contribution in [2.75, 3.05) is 4.72 Å². The van der Waals surface area contributed by atoms with Gasteiger partial charge >= 0.3 is 0 Å². The van der Waals surface area contributed by atoms with E-state index >= 15 is 0 Å². The van der Waals surface area contributed by atoms with E-state index in [4.69, 9.17) is 0 Å². The lowest BCUT2D eigenvalue weighted by Gasteiger charge is -2.10. The summed E-state index contributed by atoms with van der Waals surface area (Å²) in [5.74, 6) is -0.363. The zero-order valence-electron chi connectivity index (χ0n) is 15.6. The fraction of sp³-hybridized carbons (Fsp3) is 0.143. The summed E-state index contributed by atoms with van der Waals surface area (Å²) in [7, 11) is -3.80. The second kappa shape index (κ2) is 8.22. The molecule has 2 aromatic carbocycles. The Bertz CT molecular complexity index is 1090. The predicted octanol–water partition coefficient (Wildman–Crippen LogP) is 3.43. The summed E-state index contributed by atoms with van der Waals surface area (Å²) in [5.41, 5.74) is 3.50. The summed E-state index contributed by atoms with van der Waals surface area (Å²) in [6.45, 7) is 4.11. The van der Waals surface area contributed by atoms with Gasteiger partial charge in [0.15, 0.2) is 0 Å². The van der Waals surface area contributed by atoms with Gasteiger partial charge in [0.25, 0.3) is 15.9 Å². The molecule has 0 aliphatic carbocycles. The third kappa shape index (κ3) is 4.75. The minimum absolute atomic E-state index is 0.0229. The third-order valence-electron chi connectivity index (χ3n) is 4.24. The minimum atomic E-state index is -3.80. The van der Waals surface area contributed by atoms with Crippen LogP contribution < -0.4 is 10.0 Å². The van der Waals surface area contributed by atoms with Crippen LogP contribution in [-0.2, 0) is 16.6 Å². The summed E-state index contributed by atoms with van der Waals surface area (Å²) < 4.78 is 27.8. The Morgan fingerprint density at radius 1 is 1.00 bits per heavy atom. The smallest absolute Gasteiger partial charge is 0.261 e. The molecule has 0 aliphatic heterocycles. The first-order chi connectivity index (χ1) is 13.3. The van der Waals surface area contributed by atoms with Crippen molar-refractivity contribution in [3.05, 3.63) is 89.2 Å². The Labute approximate surface area is 164 Å². The van der Waals surface area contributed by atoms with Gasteiger partial charge < -0.3 is 5.32 Å². The predicted molar refractivity (Wildman–Crippen MR) is 109 cm³/mol. The minimum Gasteiger partial charge on any atom is -0.346 e. The number of amides is 1. The lowest BCUT2D eigenvalue weighted by Crippen LogP contribution is -2.24. The van der Waals surface area contributed by atoms with Gasteiger partial charge in [0.2, 0.25) is 0 Å². The summed E-state index contributed by atoms with van der Waals surface area (Å²) in [5, 5.41) is 2.77. The second-order valence-electron chi connectivity index (χ2n) is 6.45. The number of pyridine rings is 1. The summed E-state index contributed by atoms with van der Waals surface area (Å²) in [6.07, 6.45) is 1.67. The van der Waals surface area contributed by atoms with Crippen molar-refractivity contribution >= 4 is 21.6 Å². The molecule has 7 heteroatoms. The Balaban J connectivity index is 1.74. The highest BCUT2D eigenvalue weighted by atomic mass is 32.2. The van der Waals surface area contributed by atoms with Crippen molar-refractivity contribution in [2.45, 2.75) is 25.3 Å². The number of hydrogen-bond acceptors (Lipinski definition) is 4. The van der Waals surface area contributed by atoms with Crippen molar-refractivity contribution < 1.29 is 13.2 Å². The average Bonchev–Trinajstić information content (AvgIpc) is 2.69. The molecule has 0 spiro atoms. The molecular formula is C21H21N3O3S. The van der Waals surface area contributed by atoms with Crippen LogP contribution in [0.25, 0.3) is 0 Å². The van der Waals surface area contributed by atoms with Crippen molar-refractivity contribution in [3.8, 4) is 0 Å². The molecule has 0 radical (unpaired) electrons. The number of rotatable bonds is 6. The average molecular weight is 395 g/mol. The fourth-order valence-electron chi connectivity index (χ4n) is 2.61. The van der Waals surface area contributed by atoms with E-state index in [1.54, 1.807) is 30.5 Å². The first-order valence-corrected chi connectivity index (χ1v) is 10.2. The highest BCUT2D eigenvalue weighted by molar-refractivity contribution is 7.92. The molecular weight excluding hydrogens is 374 g/mol. The van der Waals surface area contributed by atoms with Crippen molar-refractivity contribution in [1.82, 2.24) is 10.3 Å². The zero-order chi connectivity index (χ0) is 20.1. The number of nitrogens with zero attached hydrogens (tertiary/aromatic N) is 1. The largest absolute Gasteiger partial charge is 0.346 e. The van der Waals surface area contributed by atoms with E-state index in [1.807, 2.05) is 38.1 Å². The maximum Gasteiger partial charge on any atom is 0.261 e. The number of aryl methyl sites for hydroxylation is 2. The summed E-state index contributed by atoms with van der Waals surface area (Å²) >= 11 is 0. The van der Waals surface area contributed by atoms with Gasteiger partial charge in [-0.2, -0.15) is 0 Å². The standard InChI is InChI=1S/C21H21N3O3S/c1-15-8-10-18(11-9-15)24-28(26,27)19-7-3-6-17(13-19)21(25)23-14-20-16(2)5-4-12-22-20/h3-13,24H,14H2,1-2H3,(H,23,25). The van der Waals surface area contributed by atoms with E-state index in [9.17, 15) is 13.2 Å². The molecule has 0 saturated heterocycles. The van der Waals surface area contributed by atoms with Gasteiger partial charge in [-0.1, -0.05) is 29.8 Å². The first-order valence-electron chi connectivity index (χ1n) is 8.73. The van der Waals surface area contributed by atoms with Gasteiger partial charge in [-0.3, -0.25) is 14.5 Å². The van der Waals surface area contributed by atoms with E-state index in [2.05, 4.69) is 15.0 Å². The molecule has 0 aliphatic rings. The maximum absolute atomic E-state index is 12.6. The Morgan fingerprint density at radius 2 is 1.75 bits per heavy atom. The summed E-state index contributed by atoms with van der Waals surface area (Å²) in [4.78, 5) is 16.7. The number of benzene rings is 2. The van der Waals surface area contributed by atoms with Crippen molar-refractivity contribution in [3.63, 3.8) is 0 Å². The molecule has 1 amide bonds. The van der Waals surface area contributed by atoms with E-state index in [1.165, 1.54) is 12.1 Å². The maximum atomic E-state index is 12.6. The summed E-state index contributed by atoms with van der Waals surface area (Å²) in [6, 6.07) is 16.7. The zero-order valence-corrected chi connectivity index (χ0v) is 16.5. The molecule has 6 nitrogen and oxygen atoms in total. The van der Waals surface area contributed by atoms with Crippen molar-refractivity contribution in [1.29, 1.82) is 0 Å².